The largest absolute Gasteiger partial charge is 0.356 e. The van der Waals surface area contributed by atoms with Gasteiger partial charge in [-0.3, -0.25) is 9.79 Å². The lowest BCUT2D eigenvalue weighted by molar-refractivity contribution is 0.585. The van der Waals surface area contributed by atoms with Gasteiger partial charge in [0.2, 0.25) is 5.56 Å². The number of nitrogens with zero attached hydrogens (tertiary/aromatic N) is 2. The van der Waals surface area contributed by atoms with Crippen LogP contribution in [0, 0.1) is 0 Å². The number of aromatic nitrogens is 1. The van der Waals surface area contributed by atoms with Crippen LogP contribution in [-0.4, -0.2) is 24.1 Å². The van der Waals surface area contributed by atoms with E-state index in [1.165, 1.54) is 5.56 Å². The number of unbranched alkanes of at least 4 members (excludes halogenated alkanes) is 1. The summed E-state index contributed by atoms with van der Waals surface area (Å²) in [4.78, 5) is 15.8. The molecule has 2 rings (SSSR count). The first-order valence-electron chi connectivity index (χ1n) is 7.40. The van der Waals surface area contributed by atoms with Crippen LogP contribution in [-0.2, 0) is 13.1 Å². The molecule has 6 heteroatoms. The summed E-state index contributed by atoms with van der Waals surface area (Å²) in [5.74, 6) is 0.808. The van der Waals surface area contributed by atoms with E-state index >= 15 is 0 Å². The van der Waals surface area contributed by atoms with Crippen molar-refractivity contribution in [3.05, 3.63) is 57.1 Å². The van der Waals surface area contributed by atoms with Gasteiger partial charge in [-0.25, -0.2) is 0 Å². The normalized spacial score (nSPS) is 11.4. The second-order valence-electron chi connectivity index (χ2n) is 4.92. The van der Waals surface area contributed by atoms with Crippen LogP contribution >= 0.6 is 11.3 Å². The van der Waals surface area contributed by atoms with Crippen molar-refractivity contribution in [3.63, 3.8) is 0 Å². The summed E-state index contributed by atoms with van der Waals surface area (Å²) in [6, 6.07) is 7.34. The third kappa shape index (κ3) is 5.37. The minimum absolute atomic E-state index is 0.0590. The fraction of sp³-hybridized carbons (Fsp3) is 0.375. The van der Waals surface area contributed by atoms with Crippen LogP contribution in [0.15, 0.2) is 51.0 Å². The zero-order valence-electron chi connectivity index (χ0n) is 12.8. The number of rotatable bonds is 7. The number of guanidine groups is 1. The summed E-state index contributed by atoms with van der Waals surface area (Å²) in [5, 5.41) is 10.8. The second kappa shape index (κ2) is 9.04. The van der Waals surface area contributed by atoms with E-state index in [9.17, 15) is 4.79 Å². The van der Waals surface area contributed by atoms with Gasteiger partial charge in [0.25, 0.3) is 0 Å². The van der Waals surface area contributed by atoms with Gasteiger partial charge >= 0.3 is 0 Å². The average molecular weight is 318 g/mol. The molecule has 0 aromatic carbocycles. The Labute approximate surface area is 134 Å². The number of hydrogen-bond donors (Lipinski definition) is 2. The Morgan fingerprint density at radius 3 is 2.91 bits per heavy atom. The highest BCUT2D eigenvalue weighted by atomic mass is 32.1. The Hall–Kier alpha value is -2.08. The van der Waals surface area contributed by atoms with Gasteiger partial charge in [0, 0.05) is 38.9 Å². The van der Waals surface area contributed by atoms with Gasteiger partial charge in [0.1, 0.15) is 0 Å². The van der Waals surface area contributed by atoms with Crippen molar-refractivity contribution in [1.29, 1.82) is 0 Å². The molecule has 22 heavy (non-hydrogen) atoms. The first kappa shape index (κ1) is 16.3. The van der Waals surface area contributed by atoms with E-state index in [1.54, 1.807) is 35.1 Å². The topological polar surface area (TPSA) is 58.4 Å². The molecule has 0 aliphatic heterocycles. The maximum absolute atomic E-state index is 11.6. The van der Waals surface area contributed by atoms with Crippen molar-refractivity contribution >= 4 is 17.3 Å². The molecule has 5 nitrogen and oxygen atoms in total. The van der Waals surface area contributed by atoms with Crippen LogP contribution in [0.2, 0.25) is 0 Å². The van der Waals surface area contributed by atoms with Crippen LogP contribution in [0.3, 0.4) is 0 Å². The molecule has 0 aliphatic rings. The zero-order chi connectivity index (χ0) is 15.6. The summed E-state index contributed by atoms with van der Waals surface area (Å²) in [5.41, 5.74) is 1.32. The molecule has 0 spiro atoms. The van der Waals surface area contributed by atoms with Gasteiger partial charge in [0.15, 0.2) is 5.96 Å². The van der Waals surface area contributed by atoms with E-state index in [4.69, 9.17) is 0 Å². The van der Waals surface area contributed by atoms with Gasteiger partial charge in [-0.1, -0.05) is 6.07 Å². The molecule has 2 aromatic rings. The first-order valence-corrected chi connectivity index (χ1v) is 8.35. The molecular formula is C16H22N4OS. The quantitative estimate of drug-likeness (QED) is 0.467. The van der Waals surface area contributed by atoms with Crippen LogP contribution in [0.4, 0.5) is 0 Å². The molecule has 2 heterocycles. The van der Waals surface area contributed by atoms with Crippen LogP contribution < -0.4 is 16.2 Å². The third-order valence-corrected chi connectivity index (χ3v) is 4.01. The van der Waals surface area contributed by atoms with Crippen molar-refractivity contribution < 1.29 is 0 Å². The van der Waals surface area contributed by atoms with Gasteiger partial charge in [0.05, 0.1) is 0 Å². The predicted molar refractivity (Wildman–Crippen MR) is 92.5 cm³/mol. The summed E-state index contributed by atoms with van der Waals surface area (Å²) in [7, 11) is 1.77. The van der Waals surface area contributed by atoms with E-state index in [2.05, 4.69) is 32.5 Å². The van der Waals surface area contributed by atoms with Gasteiger partial charge < -0.3 is 15.2 Å². The molecule has 0 atom stereocenters. The molecule has 0 saturated carbocycles. The first-order chi connectivity index (χ1) is 10.8. The highest BCUT2D eigenvalue weighted by Crippen LogP contribution is 2.04. The molecule has 0 fully saturated rings. The standard InChI is InChI=1S/C16H22N4OS/c1-17-16(19-12-14-7-11-22-13-14)18-8-3-5-10-20-9-4-2-6-15(20)21/h2,4,6-7,9,11,13H,3,5,8,10,12H2,1H3,(H2,17,18,19). The fourth-order valence-corrected chi connectivity index (χ4v) is 2.73. The van der Waals surface area contributed by atoms with Crippen molar-refractivity contribution in [2.24, 2.45) is 4.99 Å². The molecule has 0 radical (unpaired) electrons. The summed E-state index contributed by atoms with van der Waals surface area (Å²) < 4.78 is 1.74. The molecule has 0 saturated heterocycles. The van der Waals surface area contributed by atoms with Crippen molar-refractivity contribution in [1.82, 2.24) is 15.2 Å². The monoisotopic (exact) mass is 318 g/mol. The predicted octanol–water partition coefficient (Wildman–Crippen LogP) is 2.06. The minimum Gasteiger partial charge on any atom is -0.356 e. The molecule has 118 valence electrons. The smallest absolute Gasteiger partial charge is 0.250 e. The second-order valence-corrected chi connectivity index (χ2v) is 5.70. The van der Waals surface area contributed by atoms with Gasteiger partial charge in [-0.05, 0) is 41.3 Å². The maximum Gasteiger partial charge on any atom is 0.250 e. The molecule has 0 amide bonds. The van der Waals surface area contributed by atoms with Crippen LogP contribution in [0.1, 0.15) is 18.4 Å². The fourth-order valence-electron chi connectivity index (χ4n) is 2.06. The summed E-state index contributed by atoms with van der Waals surface area (Å²) in [6.07, 6.45) is 3.77. The number of nitrogens with one attached hydrogen (secondary N) is 2. The molecule has 0 bridgehead atoms. The van der Waals surface area contributed by atoms with Crippen LogP contribution in [0.25, 0.3) is 0 Å². The SMILES string of the molecule is CN=C(NCCCCn1ccccc1=O)NCc1ccsc1. The van der Waals surface area contributed by atoms with Crippen LogP contribution in [0.5, 0.6) is 0 Å². The van der Waals surface area contributed by atoms with E-state index in [-0.39, 0.29) is 5.56 Å². The lowest BCUT2D eigenvalue weighted by Gasteiger charge is -2.11. The Kier molecular flexibility index (Phi) is 6.70. The Morgan fingerprint density at radius 2 is 2.18 bits per heavy atom. The van der Waals surface area contributed by atoms with Crippen molar-refractivity contribution in [2.45, 2.75) is 25.9 Å². The van der Waals surface area contributed by atoms with E-state index in [0.29, 0.717) is 0 Å². The molecule has 0 aliphatic carbocycles. The van der Waals surface area contributed by atoms with Crippen molar-refractivity contribution in [3.8, 4) is 0 Å². The Balaban J connectivity index is 1.62. The molecular weight excluding hydrogens is 296 g/mol. The average Bonchev–Trinajstić information content (AvgIpc) is 3.05. The Bertz CT molecular complexity index is 634. The van der Waals surface area contributed by atoms with Gasteiger partial charge in [-0.2, -0.15) is 11.3 Å². The third-order valence-electron chi connectivity index (χ3n) is 3.28. The van der Waals surface area contributed by atoms with Crippen molar-refractivity contribution in [2.75, 3.05) is 13.6 Å². The number of pyridine rings is 1. The minimum atomic E-state index is 0.0590. The lowest BCUT2D eigenvalue weighted by atomic mass is 10.3. The summed E-state index contributed by atoms with van der Waals surface area (Å²) in [6.45, 7) is 2.37. The number of aryl methyl sites for hydroxylation is 1. The molecule has 2 N–H and O–H groups in total. The molecule has 0 unspecified atom stereocenters. The number of aliphatic imine (C=N–C) groups is 1. The molecule has 2 aromatic heterocycles. The highest BCUT2D eigenvalue weighted by molar-refractivity contribution is 7.07. The van der Waals surface area contributed by atoms with E-state index < -0.39 is 0 Å². The number of hydrogen-bond acceptors (Lipinski definition) is 3. The van der Waals surface area contributed by atoms with Gasteiger partial charge in [-0.15, -0.1) is 0 Å². The van der Waals surface area contributed by atoms with E-state index in [1.807, 2.05) is 12.3 Å². The highest BCUT2D eigenvalue weighted by Gasteiger charge is 1.99. The zero-order valence-corrected chi connectivity index (χ0v) is 13.6. The Morgan fingerprint density at radius 1 is 1.27 bits per heavy atom. The maximum atomic E-state index is 11.6. The van der Waals surface area contributed by atoms with E-state index in [0.717, 1.165) is 38.4 Å². The summed E-state index contributed by atoms with van der Waals surface area (Å²) >= 11 is 1.69. The number of thiophene rings is 1. The lowest BCUT2D eigenvalue weighted by Crippen LogP contribution is -2.37.